The number of rotatable bonds is 4. The topological polar surface area (TPSA) is 70.7 Å². The minimum Gasteiger partial charge on any atom is -0.378 e. The largest absolute Gasteiger partial charge is 0.378 e. The van der Waals surface area contributed by atoms with Gasteiger partial charge >= 0.3 is 0 Å². The number of carbonyl (C=O) groups is 2. The molecule has 0 saturated carbocycles. The van der Waals surface area contributed by atoms with Gasteiger partial charge in [-0.2, -0.15) is 0 Å². The lowest BCUT2D eigenvalue weighted by Crippen LogP contribution is -2.37. The molecule has 0 aliphatic carbocycles. The zero-order valence-electron chi connectivity index (χ0n) is 16.9. The number of nitrogens with zero attached hydrogens (tertiary/aromatic N) is 1. The molecule has 0 bridgehead atoms. The van der Waals surface area contributed by atoms with Crippen molar-refractivity contribution >= 4 is 40.5 Å². The molecule has 1 aliphatic heterocycles. The van der Waals surface area contributed by atoms with Crippen molar-refractivity contribution in [3.8, 4) is 0 Å². The van der Waals surface area contributed by atoms with Crippen LogP contribution in [-0.2, 0) is 9.53 Å². The summed E-state index contributed by atoms with van der Waals surface area (Å²) in [5.74, 6) is -0.381. The maximum absolute atomic E-state index is 12.9. The van der Waals surface area contributed by atoms with Gasteiger partial charge in [0, 0.05) is 29.8 Å². The molecular formula is C22H26ClN3O3. The number of ether oxygens (including phenoxy) is 1. The molecule has 0 unspecified atom stereocenters. The van der Waals surface area contributed by atoms with Crippen LogP contribution >= 0.6 is 11.6 Å². The van der Waals surface area contributed by atoms with Crippen LogP contribution in [0.25, 0.3) is 0 Å². The molecule has 2 aromatic carbocycles. The van der Waals surface area contributed by atoms with Crippen LogP contribution in [0.5, 0.6) is 0 Å². The molecule has 3 rings (SSSR count). The maximum atomic E-state index is 12.9. The summed E-state index contributed by atoms with van der Waals surface area (Å²) in [5, 5.41) is 6.39. The second kappa shape index (κ2) is 8.84. The van der Waals surface area contributed by atoms with Crippen molar-refractivity contribution in [2.75, 3.05) is 41.8 Å². The molecule has 2 amide bonds. The van der Waals surface area contributed by atoms with Crippen LogP contribution in [0.4, 0.5) is 17.1 Å². The van der Waals surface area contributed by atoms with E-state index < -0.39 is 5.41 Å². The normalized spacial score (nSPS) is 14.4. The van der Waals surface area contributed by atoms with Crippen molar-refractivity contribution in [2.45, 2.75) is 20.8 Å². The first kappa shape index (κ1) is 21.1. The van der Waals surface area contributed by atoms with E-state index in [1.165, 1.54) is 0 Å². The quantitative estimate of drug-likeness (QED) is 0.775. The van der Waals surface area contributed by atoms with Crippen LogP contribution < -0.4 is 15.5 Å². The number of anilines is 3. The van der Waals surface area contributed by atoms with E-state index in [2.05, 4.69) is 15.5 Å². The Bertz CT molecular complexity index is 902. The first-order valence-corrected chi connectivity index (χ1v) is 9.97. The average molecular weight is 416 g/mol. The highest BCUT2D eigenvalue weighted by molar-refractivity contribution is 6.34. The summed E-state index contributed by atoms with van der Waals surface area (Å²) in [6.07, 6.45) is 0. The van der Waals surface area contributed by atoms with Gasteiger partial charge in [0.1, 0.15) is 0 Å². The molecule has 1 aliphatic rings. The Morgan fingerprint density at radius 1 is 1.03 bits per heavy atom. The Balaban J connectivity index is 1.80. The van der Waals surface area contributed by atoms with Crippen LogP contribution in [0.1, 0.15) is 31.1 Å². The second-order valence-electron chi connectivity index (χ2n) is 7.97. The predicted octanol–water partition coefficient (Wildman–Crippen LogP) is 4.41. The van der Waals surface area contributed by atoms with Crippen molar-refractivity contribution in [3.63, 3.8) is 0 Å². The number of para-hydroxylation sites is 1. The van der Waals surface area contributed by atoms with Crippen LogP contribution in [-0.4, -0.2) is 38.1 Å². The lowest BCUT2D eigenvalue weighted by molar-refractivity contribution is -0.123. The molecule has 29 heavy (non-hydrogen) atoms. The van der Waals surface area contributed by atoms with E-state index in [9.17, 15) is 9.59 Å². The molecule has 1 saturated heterocycles. The second-order valence-corrected chi connectivity index (χ2v) is 8.38. The van der Waals surface area contributed by atoms with Gasteiger partial charge in [-0.25, -0.2) is 0 Å². The van der Waals surface area contributed by atoms with Crippen LogP contribution in [0.2, 0.25) is 5.02 Å². The van der Waals surface area contributed by atoms with Crippen LogP contribution in [0, 0.1) is 5.41 Å². The van der Waals surface area contributed by atoms with E-state index in [0.717, 1.165) is 5.69 Å². The van der Waals surface area contributed by atoms with Gasteiger partial charge in [-0.3, -0.25) is 9.59 Å². The molecule has 0 spiro atoms. The Kier molecular flexibility index (Phi) is 6.45. The standard InChI is InChI=1S/C22H26ClN3O3/c1-22(2,3)21(28)24-16-7-4-6-15(14-16)20(27)25-18-9-5-8-17(23)19(18)26-10-12-29-13-11-26/h4-9,14H,10-13H2,1-3H3,(H,24,28)(H,25,27). The van der Waals surface area contributed by atoms with E-state index in [0.29, 0.717) is 48.3 Å². The van der Waals surface area contributed by atoms with Crippen molar-refractivity contribution < 1.29 is 14.3 Å². The molecular weight excluding hydrogens is 390 g/mol. The lowest BCUT2D eigenvalue weighted by Gasteiger charge is -2.31. The zero-order chi connectivity index (χ0) is 21.0. The highest BCUT2D eigenvalue weighted by Gasteiger charge is 2.22. The number of hydrogen-bond donors (Lipinski definition) is 2. The fourth-order valence-electron chi connectivity index (χ4n) is 2.98. The Morgan fingerprint density at radius 3 is 2.41 bits per heavy atom. The highest BCUT2D eigenvalue weighted by Crippen LogP contribution is 2.34. The number of halogens is 1. The summed E-state index contributed by atoms with van der Waals surface area (Å²) in [5.41, 5.74) is 1.95. The van der Waals surface area contributed by atoms with Gasteiger partial charge in [-0.15, -0.1) is 0 Å². The Labute approximate surface area is 176 Å². The van der Waals surface area contributed by atoms with Gasteiger partial charge in [0.2, 0.25) is 5.91 Å². The summed E-state index contributed by atoms with van der Waals surface area (Å²) < 4.78 is 5.41. The Morgan fingerprint density at radius 2 is 1.72 bits per heavy atom. The van der Waals surface area contributed by atoms with Gasteiger partial charge in [-0.1, -0.05) is 44.5 Å². The molecule has 0 atom stereocenters. The van der Waals surface area contributed by atoms with Crippen molar-refractivity contribution in [2.24, 2.45) is 5.41 Å². The van der Waals surface area contributed by atoms with Crippen molar-refractivity contribution in [3.05, 3.63) is 53.1 Å². The summed E-state index contributed by atoms with van der Waals surface area (Å²) in [6, 6.07) is 12.3. The summed E-state index contributed by atoms with van der Waals surface area (Å²) in [6.45, 7) is 8.17. The van der Waals surface area contributed by atoms with Crippen molar-refractivity contribution in [1.29, 1.82) is 0 Å². The van der Waals surface area contributed by atoms with Gasteiger partial charge in [-0.05, 0) is 30.3 Å². The molecule has 1 heterocycles. The minimum absolute atomic E-state index is 0.112. The molecule has 6 nitrogen and oxygen atoms in total. The third kappa shape index (κ3) is 5.28. The average Bonchev–Trinajstić information content (AvgIpc) is 2.68. The van der Waals surface area contributed by atoms with E-state index in [4.69, 9.17) is 16.3 Å². The first-order chi connectivity index (χ1) is 13.8. The summed E-state index contributed by atoms with van der Waals surface area (Å²) in [7, 11) is 0. The monoisotopic (exact) mass is 415 g/mol. The van der Waals surface area contributed by atoms with E-state index in [1.807, 2.05) is 39.0 Å². The molecule has 0 radical (unpaired) electrons. The third-order valence-corrected chi connectivity index (χ3v) is 4.93. The SMILES string of the molecule is CC(C)(C)C(=O)Nc1cccc(C(=O)Nc2cccc(Cl)c2N2CCOCC2)c1. The number of carbonyl (C=O) groups excluding carboxylic acids is 2. The highest BCUT2D eigenvalue weighted by atomic mass is 35.5. The third-order valence-electron chi connectivity index (χ3n) is 4.63. The van der Waals surface area contributed by atoms with E-state index in [1.54, 1.807) is 24.3 Å². The number of morpholine rings is 1. The fraction of sp³-hybridized carbons (Fsp3) is 0.364. The van der Waals surface area contributed by atoms with E-state index in [-0.39, 0.29) is 11.8 Å². The Hall–Kier alpha value is -2.57. The molecule has 0 aromatic heterocycles. The van der Waals surface area contributed by atoms with Gasteiger partial charge in [0.15, 0.2) is 0 Å². The zero-order valence-corrected chi connectivity index (χ0v) is 17.7. The smallest absolute Gasteiger partial charge is 0.255 e. The number of nitrogens with one attached hydrogen (secondary N) is 2. The van der Waals surface area contributed by atoms with Crippen LogP contribution in [0.15, 0.2) is 42.5 Å². The predicted molar refractivity (Wildman–Crippen MR) is 117 cm³/mol. The van der Waals surface area contributed by atoms with Gasteiger partial charge < -0.3 is 20.3 Å². The molecule has 1 fully saturated rings. The first-order valence-electron chi connectivity index (χ1n) is 9.60. The van der Waals surface area contributed by atoms with Gasteiger partial charge in [0.05, 0.1) is 29.6 Å². The molecule has 154 valence electrons. The molecule has 2 aromatic rings. The summed E-state index contributed by atoms with van der Waals surface area (Å²) in [4.78, 5) is 27.2. The maximum Gasteiger partial charge on any atom is 0.255 e. The van der Waals surface area contributed by atoms with Gasteiger partial charge in [0.25, 0.3) is 5.91 Å². The molecule has 2 N–H and O–H groups in total. The molecule has 7 heteroatoms. The van der Waals surface area contributed by atoms with Crippen LogP contribution in [0.3, 0.4) is 0 Å². The van der Waals surface area contributed by atoms with Crippen molar-refractivity contribution in [1.82, 2.24) is 0 Å². The fourth-order valence-corrected chi connectivity index (χ4v) is 3.27. The minimum atomic E-state index is -0.522. The summed E-state index contributed by atoms with van der Waals surface area (Å²) >= 11 is 6.44. The number of hydrogen-bond acceptors (Lipinski definition) is 4. The lowest BCUT2D eigenvalue weighted by atomic mass is 9.95. The number of benzene rings is 2. The number of amides is 2. The van der Waals surface area contributed by atoms with E-state index >= 15 is 0 Å².